The van der Waals surface area contributed by atoms with Crippen molar-refractivity contribution in [2.24, 2.45) is 0 Å². The molecule has 15 heteroatoms. The van der Waals surface area contributed by atoms with Gasteiger partial charge in [0.1, 0.15) is 47.3 Å². The number of hydrogen-bond acceptors (Lipinski definition) is 11. The van der Waals surface area contributed by atoms with Crippen LogP contribution in [0.15, 0.2) is 66.7 Å². The summed E-state index contributed by atoms with van der Waals surface area (Å²) in [6.07, 6.45) is -0.0439. The molecule has 3 atom stereocenters. The Morgan fingerprint density at radius 3 is 1.79 bits per heavy atom. The fraction of sp³-hybridized carbons (Fsp3) is 0.522. The maximum atomic E-state index is 13.7. The highest BCUT2D eigenvalue weighted by Gasteiger charge is 2.31. The number of urea groups is 1. The number of benzene rings is 3. The first-order chi connectivity index (χ1) is 28.5. The smallest absolute Gasteiger partial charge is 0.408 e. The Bertz CT molecular complexity index is 1950. The van der Waals surface area contributed by atoms with Crippen molar-refractivity contribution in [1.82, 2.24) is 21.3 Å². The molecule has 4 amide bonds. The molecule has 4 N–H and O–H groups in total. The number of rotatable bonds is 19. The monoisotopic (exact) mass is 848 g/mol. The van der Waals surface area contributed by atoms with E-state index >= 15 is 0 Å². The van der Waals surface area contributed by atoms with E-state index in [4.69, 9.17) is 23.7 Å². The van der Waals surface area contributed by atoms with Crippen LogP contribution in [0.25, 0.3) is 10.8 Å². The average molecular weight is 849 g/mol. The summed E-state index contributed by atoms with van der Waals surface area (Å²) in [4.78, 5) is 78.9. The van der Waals surface area contributed by atoms with Crippen LogP contribution >= 0.6 is 0 Å². The van der Waals surface area contributed by atoms with Crippen LogP contribution in [0.5, 0.6) is 5.75 Å². The summed E-state index contributed by atoms with van der Waals surface area (Å²) in [6.45, 7) is 15.5. The van der Waals surface area contributed by atoms with Crippen molar-refractivity contribution in [3.8, 4) is 5.75 Å². The van der Waals surface area contributed by atoms with Gasteiger partial charge >= 0.3 is 30.0 Å². The van der Waals surface area contributed by atoms with E-state index < -0.39 is 70.9 Å². The van der Waals surface area contributed by atoms with Gasteiger partial charge in [-0.05, 0) is 111 Å². The third-order valence-corrected chi connectivity index (χ3v) is 8.63. The summed E-state index contributed by atoms with van der Waals surface area (Å²) >= 11 is 0. The lowest BCUT2D eigenvalue weighted by Crippen LogP contribution is -2.53. The maximum absolute atomic E-state index is 13.7. The van der Waals surface area contributed by atoms with Gasteiger partial charge in [0.25, 0.3) is 0 Å². The molecule has 3 rings (SSSR count). The Morgan fingerprint density at radius 1 is 0.623 bits per heavy atom. The summed E-state index contributed by atoms with van der Waals surface area (Å²) in [7, 11) is 1.57. The van der Waals surface area contributed by atoms with Crippen molar-refractivity contribution >= 4 is 46.7 Å². The molecule has 0 saturated carbocycles. The van der Waals surface area contributed by atoms with Crippen LogP contribution in [0.4, 0.5) is 9.59 Å². The molecule has 334 valence electrons. The molecule has 0 saturated heterocycles. The minimum Gasteiger partial charge on any atom is -0.496 e. The first kappa shape index (κ1) is 49.5. The van der Waals surface area contributed by atoms with Gasteiger partial charge in [0, 0.05) is 24.8 Å². The van der Waals surface area contributed by atoms with Crippen molar-refractivity contribution in [2.45, 2.75) is 142 Å². The summed E-state index contributed by atoms with van der Waals surface area (Å²) < 4.78 is 27.5. The summed E-state index contributed by atoms with van der Waals surface area (Å²) in [5, 5.41) is 12.6. The molecule has 0 fully saturated rings. The van der Waals surface area contributed by atoms with Crippen molar-refractivity contribution < 1.29 is 52.5 Å². The number of fused-ring (bicyclic) bond motifs is 1. The molecular weight excluding hydrogens is 785 g/mol. The summed E-state index contributed by atoms with van der Waals surface area (Å²) in [5.41, 5.74) is -0.945. The molecule has 0 aromatic heterocycles. The molecule has 0 heterocycles. The van der Waals surface area contributed by atoms with Crippen LogP contribution in [0.2, 0.25) is 0 Å². The number of esters is 3. The van der Waals surface area contributed by atoms with E-state index in [1.807, 2.05) is 66.7 Å². The third-order valence-electron chi connectivity index (χ3n) is 8.63. The van der Waals surface area contributed by atoms with E-state index in [0.29, 0.717) is 18.6 Å². The van der Waals surface area contributed by atoms with Crippen LogP contribution in [0.1, 0.15) is 106 Å². The Labute approximate surface area is 359 Å². The number of amides is 4. The van der Waals surface area contributed by atoms with Gasteiger partial charge in [0.15, 0.2) is 0 Å². The molecule has 0 unspecified atom stereocenters. The number of methoxy groups -OCH3 is 1. The second-order valence-electron chi connectivity index (χ2n) is 17.7. The van der Waals surface area contributed by atoms with Gasteiger partial charge in [-0.15, -0.1) is 0 Å². The number of nitrogens with one attached hydrogen (secondary N) is 4. The molecule has 0 spiro atoms. The molecule has 0 aliphatic heterocycles. The Morgan fingerprint density at radius 2 is 1.20 bits per heavy atom. The largest absolute Gasteiger partial charge is 0.496 e. The van der Waals surface area contributed by atoms with Gasteiger partial charge in [0.2, 0.25) is 5.91 Å². The molecule has 61 heavy (non-hydrogen) atoms. The Kier molecular flexibility index (Phi) is 18.4. The number of unbranched alkanes of at least 4 members (excludes halogenated alkanes) is 1. The third kappa shape index (κ3) is 18.9. The highest BCUT2D eigenvalue weighted by atomic mass is 16.6. The van der Waals surface area contributed by atoms with E-state index in [1.54, 1.807) is 69.4 Å². The standard InChI is InChI=1S/C46H64N4O11/c1-44(2,3)59-38(51)24-23-35(41(54)61-46(7,8)9)49-42(55)48-34(40(53)60-45(4,5)6)22-16-17-25-47-39(52)36(50-43(56)58-29-30-18-12-11-13-19-30)27-31-26-32-20-14-15-21-33(32)37(28-31)57-10/h11-15,18-21,26,28,34-36H,16-17,22-25,27,29H2,1-10H3,(H,47,52)(H,50,56)(H2,48,49,55)/t34-,35-,36+/m0/s1. The summed E-state index contributed by atoms with van der Waals surface area (Å²) in [6, 6.07) is 16.4. The first-order valence-electron chi connectivity index (χ1n) is 20.6. The van der Waals surface area contributed by atoms with Gasteiger partial charge in [-0.2, -0.15) is 0 Å². The van der Waals surface area contributed by atoms with Gasteiger partial charge in [-0.1, -0.05) is 60.7 Å². The highest BCUT2D eigenvalue weighted by molar-refractivity contribution is 5.90. The fourth-order valence-electron chi connectivity index (χ4n) is 6.04. The lowest BCUT2D eigenvalue weighted by molar-refractivity contribution is -0.159. The zero-order valence-electron chi connectivity index (χ0n) is 37.2. The number of hydrogen-bond donors (Lipinski definition) is 4. The molecule has 3 aromatic carbocycles. The Balaban J connectivity index is 1.68. The molecular formula is C46H64N4O11. The topological polar surface area (TPSA) is 197 Å². The second-order valence-corrected chi connectivity index (χ2v) is 17.7. The maximum Gasteiger partial charge on any atom is 0.408 e. The number of ether oxygens (including phenoxy) is 5. The number of carbonyl (C=O) groups excluding carboxylic acids is 6. The molecule has 0 bridgehead atoms. The van der Waals surface area contributed by atoms with Crippen molar-refractivity contribution in [2.75, 3.05) is 13.7 Å². The number of carbonyl (C=O) groups is 6. The Hall–Kier alpha value is -5.86. The lowest BCUT2D eigenvalue weighted by atomic mass is 10.00. The molecule has 3 aromatic rings. The minimum atomic E-state index is -1.23. The van der Waals surface area contributed by atoms with Crippen LogP contribution in [-0.2, 0) is 51.2 Å². The van der Waals surface area contributed by atoms with Crippen LogP contribution in [-0.4, -0.2) is 84.5 Å². The zero-order chi connectivity index (χ0) is 45.4. The van der Waals surface area contributed by atoms with Crippen LogP contribution in [0, 0.1) is 0 Å². The van der Waals surface area contributed by atoms with E-state index in [1.165, 1.54) is 0 Å². The highest BCUT2D eigenvalue weighted by Crippen LogP contribution is 2.28. The summed E-state index contributed by atoms with van der Waals surface area (Å²) in [5.74, 6) is -1.83. The molecule has 15 nitrogen and oxygen atoms in total. The van der Waals surface area contributed by atoms with Gasteiger partial charge in [0.05, 0.1) is 7.11 Å². The fourth-order valence-corrected chi connectivity index (χ4v) is 6.04. The van der Waals surface area contributed by atoms with E-state index in [0.717, 1.165) is 21.9 Å². The van der Waals surface area contributed by atoms with Gasteiger partial charge in [-0.3, -0.25) is 9.59 Å². The van der Waals surface area contributed by atoms with E-state index in [9.17, 15) is 28.8 Å². The quantitative estimate of drug-likeness (QED) is 0.0562. The minimum absolute atomic E-state index is 0.0173. The molecule has 0 aliphatic rings. The van der Waals surface area contributed by atoms with Crippen molar-refractivity contribution in [3.63, 3.8) is 0 Å². The lowest BCUT2D eigenvalue weighted by Gasteiger charge is -2.27. The number of alkyl carbamates (subject to hydrolysis) is 1. The van der Waals surface area contributed by atoms with Crippen LogP contribution < -0.4 is 26.0 Å². The van der Waals surface area contributed by atoms with Crippen LogP contribution in [0.3, 0.4) is 0 Å². The SMILES string of the molecule is COc1cc(C[C@@H](NC(=O)OCc2ccccc2)C(=O)NCCCC[C@H](NC(=O)N[C@@H](CCC(=O)OC(C)(C)C)C(=O)OC(C)(C)C)C(=O)OC(C)(C)C)cc2ccccc12. The normalized spacial score (nSPS) is 13.1. The second kappa shape index (κ2) is 22.7. The van der Waals surface area contributed by atoms with Gasteiger partial charge < -0.3 is 45.0 Å². The predicted octanol–water partition coefficient (Wildman–Crippen LogP) is 6.81. The molecule has 0 radical (unpaired) electrons. The van der Waals surface area contributed by atoms with Gasteiger partial charge in [-0.25, -0.2) is 19.2 Å². The van der Waals surface area contributed by atoms with Crippen molar-refractivity contribution in [1.29, 1.82) is 0 Å². The first-order valence-corrected chi connectivity index (χ1v) is 20.6. The molecule has 0 aliphatic carbocycles. The van der Waals surface area contributed by atoms with E-state index in [2.05, 4.69) is 21.3 Å². The average Bonchev–Trinajstić information content (AvgIpc) is 3.15. The van der Waals surface area contributed by atoms with E-state index in [-0.39, 0.29) is 38.8 Å². The van der Waals surface area contributed by atoms with Crippen molar-refractivity contribution in [3.05, 3.63) is 77.9 Å². The zero-order valence-corrected chi connectivity index (χ0v) is 37.2. The predicted molar refractivity (Wildman–Crippen MR) is 231 cm³/mol.